The highest BCUT2D eigenvalue weighted by molar-refractivity contribution is 9.11. The van der Waals surface area contributed by atoms with Crippen molar-refractivity contribution >= 4 is 40.2 Å². The first-order valence-electron chi connectivity index (χ1n) is 8.23. The second kappa shape index (κ2) is 7.64. The molecule has 0 radical (unpaired) electrons. The number of hydrogen-bond donors (Lipinski definition) is 1. The molecule has 0 spiro atoms. The largest absolute Gasteiger partial charge is 0.506 e. The van der Waals surface area contributed by atoms with E-state index in [0.717, 1.165) is 24.0 Å². The maximum absolute atomic E-state index is 9.86. The smallest absolute Gasteiger partial charge is 0.193 e. The van der Waals surface area contributed by atoms with Crippen LogP contribution < -0.4 is 0 Å². The van der Waals surface area contributed by atoms with Crippen LogP contribution in [0.15, 0.2) is 33.2 Å². The Bertz CT molecular complexity index is 597. The molecule has 0 amide bonds. The number of hydrogen-bond acceptors (Lipinski definition) is 2. The molecule has 5 heteroatoms. The highest BCUT2D eigenvalue weighted by Gasteiger charge is 2.43. The molecule has 0 heterocycles. The summed E-state index contributed by atoms with van der Waals surface area (Å²) in [6.45, 7) is 19.7. The monoisotopic (exact) mass is 476 g/mol. The molecule has 0 aliphatic rings. The third-order valence-electron chi connectivity index (χ3n) is 5.16. The van der Waals surface area contributed by atoms with Crippen LogP contribution in [0.3, 0.4) is 0 Å². The molecule has 1 aromatic carbocycles. The lowest BCUT2D eigenvalue weighted by atomic mass is 9.91. The summed E-state index contributed by atoms with van der Waals surface area (Å²) >= 11 is 6.80. The van der Waals surface area contributed by atoms with Crippen LogP contribution in [-0.2, 0) is 10.8 Å². The van der Waals surface area contributed by atoms with E-state index in [2.05, 4.69) is 86.2 Å². The average molecular weight is 478 g/mol. The zero-order chi connectivity index (χ0) is 18.9. The van der Waals surface area contributed by atoms with Gasteiger partial charge in [-0.1, -0.05) is 32.9 Å². The van der Waals surface area contributed by atoms with E-state index in [4.69, 9.17) is 4.43 Å². The first-order valence-corrected chi connectivity index (χ1v) is 12.7. The molecule has 0 bridgehead atoms. The number of halogens is 2. The van der Waals surface area contributed by atoms with Crippen LogP contribution in [0.2, 0.25) is 18.1 Å². The van der Waals surface area contributed by atoms with Crippen LogP contribution in [-0.4, -0.2) is 19.0 Å². The van der Waals surface area contributed by atoms with Gasteiger partial charge in [0.2, 0.25) is 0 Å². The van der Waals surface area contributed by atoms with Gasteiger partial charge in [-0.15, -0.1) is 0 Å². The Morgan fingerprint density at radius 2 is 1.62 bits per heavy atom. The molecule has 24 heavy (non-hydrogen) atoms. The van der Waals surface area contributed by atoms with E-state index in [1.165, 1.54) is 0 Å². The summed E-state index contributed by atoms with van der Waals surface area (Å²) in [5.41, 5.74) is 1.86. The lowest BCUT2D eigenvalue weighted by Gasteiger charge is -2.45. The molecule has 1 rings (SSSR count). The first-order chi connectivity index (χ1) is 10.7. The highest BCUT2D eigenvalue weighted by Crippen LogP contribution is 2.42. The van der Waals surface area contributed by atoms with Gasteiger partial charge in [0.15, 0.2) is 8.32 Å². The van der Waals surface area contributed by atoms with Crippen molar-refractivity contribution in [2.75, 3.05) is 0 Å². The number of benzene rings is 1. The number of phenols is 1. The van der Waals surface area contributed by atoms with Crippen molar-refractivity contribution in [3.8, 4) is 5.75 Å². The van der Waals surface area contributed by atoms with E-state index in [-0.39, 0.29) is 16.4 Å². The van der Waals surface area contributed by atoms with Crippen LogP contribution in [0.25, 0.3) is 0 Å². The molecular formula is C19H30Br2O2Si. The quantitative estimate of drug-likeness (QED) is 0.346. The molecule has 1 aromatic rings. The van der Waals surface area contributed by atoms with Gasteiger partial charge >= 0.3 is 0 Å². The average Bonchev–Trinajstić information content (AvgIpc) is 2.40. The van der Waals surface area contributed by atoms with Gasteiger partial charge in [0.25, 0.3) is 0 Å². The molecule has 1 unspecified atom stereocenters. The van der Waals surface area contributed by atoms with E-state index in [1.54, 1.807) is 0 Å². The predicted molar refractivity (Wildman–Crippen MR) is 113 cm³/mol. The van der Waals surface area contributed by atoms with Gasteiger partial charge in [-0.25, -0.2) is 0 Å². The van der Waals surface area contributed by atoms with Gasteiger partial charge in [-0.2, -0.15) is 0 Å². The number of phenolic OH excluding ortho intramolecular Hbond substituents is 1. The predicted octanol–water partition coefficient (Wildman–Crippen LogP) is 7.21. The third-order valence-corrected chi connectivity index (χ3v) is 10.9. The zero-order valence-corrected chi connectivity index (χ0v) is 20.1. The van der Waals surface area contributed by atoms with E-state index < -0.39 is 8.32 Å². The molecule has 1 atom stereocenters. The summed E-state index contributed by atoms with van der Waals surface area (Å²) in [6.07, 6.45) is 1.72. The molecular weight excluding hydrogens is 448 g/mol. The van der Waals surface area contributed by atoms with Gasteiger partial charge in [-0.05, 0) is 94.4 Å². The van der Waals surface area contributed by atoms with Crippen molar-refractivity contribution in [2.45, 2.75) is 71.2 Å². The van der Waals surface area contributed by atoms with Crippen LogP contribution in [0.5, 0.6) is 5.75 Å². The molecule has 0 aromatic heterocycles. The van der Waals surface area contributed by atoms with Gasteiger partial charge < -0.3 is 9.53 Å². The normalized spacial score (nSPS) is 15.2. The molecule has 0 saturated heterocycles. The Morgan fingerprint density at radius 1 is 1.17 bits per heavy atom. The molecule has 1 N–H and O–H groups in total. The number of rotatable bonds is 6. The second-order valence-electron chi connectivity index (χ2n) is 8.28. The van der Waals surface area contributed by atoms with E-state index in [9.17, 15) is 5.11 Å². The van der Waals surface area contributed by atoms with Crippen LogP contribution in [0.1, 0.15) is 46.6 Å². The highest BCUT2D eigenvalue weighted by atomic mass is 79.9. The Hall–Kier alpha value is -0.103. The SMILES string of the molecule is C=C(C)C(C)(CCc1cc(Br)c(O)c(Br)c1)O[Si](C)(C)C(C)(C)C. The summed E-state index contributed by atoms with van der Waals surface area (Å²) in [5.74, 6) is 0.235. The van der Waals surface area contributed by atoms with Gasteiger partial charge in [0.1, 0.15) is 5.75 Å². The van der Waals surface area contributed by atoms with Gasteiger partial charge in [0, 0.05) is 0 Å². The summed E-state index contributed by atoms with van der Waals surface area (Å²) in [6, 6.07) is 3.93. The van der Waals surface area contributed by atoms with Gasteiger partial charge in [0.05, 0.1) is 14.5 Å². The van der Waals surface area contributed by atoms with Crippen LogP contribution in [0, 0.1) is 0 Å². The van der Waals surface area contributed by atoms with Crippen molar-refractivity contribution < 1.29 is 9.53 Å². The molecule has 2 nitrogen and oxygen atoms in total. The van der Waals surface area contributed by atoms with Gasteiger partial charge in [-0.3, -0.25) is 0 Å². The molecule has 136 valence electrons. The van der Waals surface area contributed by atoms with Crippen molar-refractivity contribution in [2.24, 2.45) is 0 Å². The molecule has 0 saturated carbocycles. The number of aryl methyl sites for hydroxylation is 1. The fourth-order valence-corrected chi connectivity index (χ4v) is 5.20. The zero-order valence-electron chi connectivity index (χ0n) is 15.9. The van der Waals surface area contributed by atoms with Crippen LogP contribution >= 0.6 is 31.9 Å². The lowest BCUT2D eigenvalue weighted by Crippen LogP contribution is -2.49. The van der Waals surface area contributed by atoms with Crippen molar-refractivity contribution in [3.63, 3.8) is 0 Å². The number of aromatic hydroxyl groups is 1. The minimum absolute atomic E-state index is 0.161. The minimum Gasteiger partial charge on any atom is -0.506 e. The minimum atomic E-state index is -1.89. The summed E-state index contributed by atoms with van der Waals surface area (Å²) in [7, 11) is -1.89. The fraction of sp³-hybridized carbons (Fsp3) is 0.579. The Balaban J connectivity index is 3.00. The van der Waals surface area contributed by atoms with Crippen molar-refractivity contribution in [1.29, 1.82) is 0 Å². The topological polar surface area (TPSA) is 29.5 Å². The Morgan fingerprint density at radius 3 is 2.00 bits per heavy atom. The Labute approximate surface area is 165 Å². The van der Waals surface area contributed by atoms with E-state index in [0.29, 0.717) is 8.95 Å². The third kappa shape index (κ3) is 5.20. The maximum Gasteiger partial charge on any atom is 0.193 e. The van der Waals surface area contributed by atoms with E-state index >= 15 is 0 Å². The molecule has 0 aliphatic heterocycles. The van der Waals surface area contributed by atoms with E-state index in [1.807, 2.05) is 12.1 Å². The lowest BCUT2D eigenvalue weighted by molar-refractivity contribution is 0.100. The fourth-order valence-electron chi connectivity index (χ4n) is 2.21. The molecule has 0 aliphatic carbocycles. The van der Waals surface area contributed by atoms with Crippen molar-refractivity contribution in [3.05, 3.63) is 38.8 Å². The standard InChI is InChI=1S/C19H30Br2O2Si/c1-13(2)19(6,23-24(7,8)18(3,4)5)10-9-14-11-15(20)17(22)16(21)12-14/h11-12,22H,1,9-10H2,2-8H3. The summed E-state index contributed by atoms with van der Waals surface area (Å²) in [5, 5.41) is 10.0. The van der Waals surface area contributed by atoms with Crippen LogP contribution in [0.4, 0.5) is 0 Å². The summed E-state index contributed by atoms with van der Waals surface area (Å²) < 4.78 is 8.13. The first kappa shape index (κ1) is 21.9. The van der Waals surface area contributed by atoms with Crippen molar-refractivity contribution in [1.82, 2.24) is 0 Å². The Kier molecular flexibility index (Phi) is 6.99. The second-order valence-corrected chi connectivity index (χ2v) is 14.7. The summed E-state index contributed by atoms with van der Waals surface area (Å²) in [4.78, 5) is 0. The molecule has 0 fully saturated rings. The maximum atomic E-state index is 9.86.